The molecule has 0 saturated carbocycles. The summed E-state index contributed by atoms with van der Waals surface area (Å²) >= 11 is 0. The van der Waals surface area contributed by atoms with Crippen LogP contribution in [0.4, 0.5) is 0 Å². The Hall–Kier alpha value is -1.64. The summed E-state index contributed by atoms with van der Waals surface area (Å²) in [7, 11) is 0. The van der Waals surface area contributed by atoms with E-state index in [1.807, 2.05) is 32.0 Å². The summed E-state index contributed by atoms with van der Waals surface area (Å²) in [6.45, 7) is 3.73. The van der Waals surface area contributed by atoms with E-state index in [4.69, 9.17) is 0 Å². The third-order valence-corrected chi connectivity index (χ3v) is 2.01. The molecule has 80 valence electrons. The first-order chi connectivity index (χ1) is 7.15. The highest BCUT2D eigenvalue weighted by Crippen LogP contribution is 2.13. The molecule has 0 aliphatic carbocycles. The normalized spacial score (nSPS) is 12.2. The van der Waals surface area contributed by atoms with Crippen LogP contribution < -0.4 is 5.32 Å². The lowest BCUT2D eigenvalue weighted by Crippen LogP contribution is -2.35. The number of hydrogen-bond acceptors (Lipinski definition) is 2. The molecule has 1 rings (SSSR count). The van der Waals surface area contributed by atoms with E-state index in [1.54, 1.807) is 12.1 Å². The highest BCUT2D eigenvalue weighted by molar-refractivity contribution is 5.97. The topological polar surface area (TPSA) is 46.2 Å². The van der Waals surface area contributed by atoms with Gasteiger partial charge in [-0.1, -0.05) is 30.3 Å². The zero-order valence-corrected chi connectivity index (χ0v) is 8.94. The van der Waals surface area contributed by atoms with Crippen molar-refractivity contribution in [1.29, 1.82) is 0 Å². The van der Waals surface area contributed by atoms with Gasteiger partial charge in [-0.25, -0.2) is 0 Å². The summed E-state index contributed by atoms with van der Waals surface area (Å²) in [5.74, 6) is -0.945. The van der Waals surface area contributed by atoms with Crippen LogP contribution in [-0.4, -0.2) is 18.2 Å². The Bertz CT molecular complexity index is 333. The van der Waals surface area contributed by atoms with E-state index < -0.39 is 5.92 Å². The molecule has 1 unspecified atom stereocenters. The minimum absolute atomic E-state index is 0.0451. The van der Waals surface area contributed by atoms with Crippen molar-refractivity contribution in [3.05, 3.63) is 35.9 Å². The van der Waals surface area contributed by atoms with Gasteiger partial charge in [0.25, 0.3) is 0 Å². The largest absolute Gasteiger partial charge is 0.353 e. The molecule has 0 fully saturated rings. The van der Waals surface area contributed by atoms with E-state index in [-0.39, 0.29) is 11.9 Å². The van der Waals surface area contributed by atoms with Crippen molar-refractivity contribution in [2.75, 3.05) is 0 Å². The number of amides is 1. The third-order valence-electron chi connectivity index (χ3n) is 2.01. The maximum absolute atomic E-state index is 11.6. The van der Waals surface area contributed by atoms with E-state index >= 15 is 0 Å². The number of carbonyl (C=O) groups is 2. The maximum Gasteiger partial charge on any atom is 0.234 e. The predicted octanol–water partition coefficient (Wildman–Crippen LogP) is 1.49. The first-order valence-corrected chi connectivity index (χ1v) is 4.95. The van der Waals surface area contributed by atoms with Crippen LogP contribution >= 0.6 is 0 Å². The van der Waals surface area contributed by atoms with Crippen LogP contribution in [0.3, 0.4) is 0 Å². The summed E-state index contributed by atoms with van der Waals surface area (Å²) in [6.07, 6.45) is 0.674. The summed E-state index contributed by atoms with van der Waals surface area (Å²) in [4.78, 5) is 22.5. The first-order valence-electron chi connectivity index (χ1n) is 4.95. The SMILES string of the molecule is CC(C)NC(=O)C(C=O)c1ccccc1. The molecule has 0 spiro atoms. The van der Waals surface area contributed by atoms with Crippen LogP contribution in [0, 0.1) is 0 Å². The van der Waals surface area contributed by atoms with Crippen molar-refractivity contribution in [2.45, 2.75) is 25.8 Å². The van der Waals surface area contributed by atoms with Gasteiger partial charge >= 0.3 is 0 Å². The van der Waals surface area contributed by atoms with E-state index in [2.05, 4.69) is 5.32 Å². The van der Waals surface area contributed by atoms with Gasteiger partial charge in [0.2, 0.25) is 5.91 Å². The number of nitrogens with one attached hydrogen (secondary N) is 1. The molecule has 0 aliphatic heterocycles. The number of hydrogen-bond donors (Lipinski definition) is 1. The Morgan fingerprint density at radius 3 is 2.33 bits per heavy atom. The molecule has 1 aromatic rings. The minimum Gasteiger partial charge on any atom is -0.353 e. The fourth-order valence-electron chi connectivity index (χ4n) is 1.33. The average Bonchev–Trinajstić information content (AvgIpc) is 2.19. The molecule has 1 amide bonds. The second-order valence-electron chi connectivity index (χ2n) is 3.69. The molecule has 0 aromatic heterocycles. The van der Waals surface area contributed by atoms with E-state index in [1.165, 1.54) is 0 Å². The lowest BCUT2D eigenvalue weighted by Gasteiger charge is -2.13. The Kier molecular flexibility index (Phi) is 4.03. The van der Waals surface area contributed by atoms with Crippen molar-refractivity contribution >= 4 is 12.2 Å². The summed E-state index contributed by atoms with van der Waals surface area (Å²) in [6, 6.07) is 9.08. The lowest BCUT2D eigenvalue weighted by molar-refractivity contribution is -0.126. The fraction of sp³-hybridized carbons (Fsp3) is 0.333. The van der Waals surface area contributed by atoms with Gasteiger partial charge in [0.15, 0.2) is 0 Å². The third kappa shape index (κ3) is 3.20. The van der Waals surface area contributed by atoms with Gasteiger partial charge in [0, 0.05) is 6.04 Å². The van der Waals surface area contributed by atoms with Crippen LogP contribution in [0.2, 0.25) is 0 Å². The van der Waals surface area contributed by atoms with E-state index in [0.717, 1.165) is 5.56 Å². The van der Waals surface area contributed by atoms with Crippen molar-refractivity contribution < 1.29 is 9.59 Å². The molecule has 3 heteroatoms. The molecular formula is C12H15NO2. The van der Waals surface area contributed by atoms with Crippen LogP contribution in [-0.2, 0) is 9.59 Å². The monoisotopic (exact) mass is 205 g/mol. The molecule has 1 N–H and O–H groups in total. The average molecular weight is 205 g/mol. The van der Waals surface area contributed by atoms with Gasteiger partial charge < -0.3 is 10.1 Å². The van der Waals surface area contributed by atoms with Gasteiger partial charge in [-0.15, -0.1) is 0 Å². The lowest BCUT2D eigenvalue weighted by atomic mass is 10.00. The van der Waals surface area contributed by atoms with Crippen molar-refractivity contribution in [2.24, 2.45) is 0 Å². The standard InChI is InChI=1S/C12H15NO2/c1-9(2)13-12(15)11(8-14)10-6-4-3-5-7-10/h3-9,11H,1-2H3,(H,13,15). The highest BCUT2D eigenvalue weighted by atomic mass is 16.2. The fourth-order valence-corrected chi connectivity index (χ4v) is 1.33. The van der Waals surface area contributed by atoms with Gasteiger partial charge in [-0.3, -0.25) is 4.79 Å². The minimum atomic E-state index is -0.700. The van der Waals surface area contributed by atoms with Gasteiger partial charge in [0.1, 0.15) is 12.2 Å². The Labute approximate surface area is 89.5 Å². The second kappa shape index (κ2) is 5.29. The summed E-state index contributed by atoms with van der Waals surface area (Å²) < 4.78 is 0. The molecular weight excluding hydrogens is 190 g/mol. The van der Waals surface area contributed by atoms with E-state index in [9.17, 15) is 9.59 Å². The van der Waals surface area contributed by atoms with Gasteiger partial charge in [0.05, 0.1) is 0 Å². The predicted molar refractivity (Wildman–Crippen MR) is 58.5 cm³/mol. The number of carbonyl (C=O) groups excluding carboxylic acids is 2. The highest BCUT2D eigenvalue weighted by Gasteiger charge is 2.19. The smallest absolute Gasteiger partial charge is 0.234 e. The molecule has 0 radical (unpaired) electrons. The molecule has 3 nitrogen and oxygen atoms in total. The molecule has 1 aromatic carbocycles. The van der Waals surface area contributed by atoms with Crippen molar-refractivity contribution in [3.8, 4) is 0 Å². The summed E-state index contributed by atoms with van der Waals surface area (Å²) in [5, 5.41) is 2.72. The quantitative estimate of drug-likeness (QED) is 0.598. The van der Waals surface area contributed by atoms with Crippen LogP contribution in [0.5, 0.6) is 0 Å². The maximum atomic E-state index is 11.6. The number of rotatable bonds is 4. The molecule has 1 atom stereocenters. The van der Waals surface area contributed by atoms with Crippen LogP contribution in [0.1, 0.15) is 25.3 Å². The van der Waals surface area contributed by atoms with Crippen molar-refractivity contribution in [3.63, 3.8) is 0 Å². The number of benzene rings is 1. The molecule has 15 heavy (non-hydrogen) atoms. The molecule has 0 bridgehead atoms. The van der Waals surface area contributed by atoms with Crippen molar-refractivity contribution in [1.82, 2.24) is 5.32 Å². The zero-order chi connectivity index (χ0) is 11.3. The number of aldehydes is 1. The second-order valence-corrected chi connectivity index (χ2v) is 3.69. The molecule has 0 aliphatic rings. The van der Waals surface area contributed by atoms with Gasteiger partial charge in [-0.2, -0.15) is 0 Å². The van der Waals surface area contributed by atoms with Crippen LogP contribution in [0.25, 0.3) is 0 Å². The van der Waals surface area contributed by atoms with Crippen LogP contribution in [0.15, 0.2) is 30.3 Å². The van der Waals surface area contributed by atoms with E-state index in [0.29, 0.717) is 6.29 Å². The Morgan fingerprint density at radius 2 is 1.87 bits per heavy atom. The summed E-state index contributed by atoms with van der Waals surface area (Å²) in [5.41, 5.74) is 0.727. The molecule has 0 heterocycles. The zero-order valence-electron chi connectivity index (χ0n) is 8.94. The Balaban J connectivity index is 2.81. The van der Waals surface area contributed by atoms with Gasteiger partial charge in [-0.05, 0) is 19.4 Å². The molecule has 0 saturated heterocycles. The first kappa shape index (κ1) is 11.4. The Morgan fingerprint density at radius 1 is 1.27 bits per heavy atom.